The lowest BCUT2D eigenvalue weighted by Crippen LogP contribution is -2.42. The number of ether oxygens (including phenoxy) is 2. The van der Waals surface area contributed by atoms with Crippen LogP contribution in [0.5, 0.6) is 11.5 Å². The van der Waals surface area contributed by atoms with Gasteiger partial charge in [0, 0.05) is 38.5 Å². The largest absolute Gasteiger partial charge is 0.497 e. The Hall–Kier alpha value is -2.49. The Bertz CT molecular complexity index is 895. The number of imidazole rings is 1. The van der Waals surface area contributed by atoms with E-state index in [2.05, 4.69) is 26.8 Å². The molecular formula is C21H28IN5O2. The van der Waals surface area contributed by atoms with Gasteiger partial charge in [-0.1, -0.05) is 12.1 Å². The number of nitrogens with zero attached hydrogens (tertiary/aromatic N) is 3. The monoisotopic (exact) mass is 509 g/mol. The lowest BCUT2D eigenvalue weighted by Gasteiger charge is -2.18. The Morgan fingerprint density at radius 2 is 2.00 bits per heavy atom. The van der Waals surface area contributed by atoms with E-state index in [-0.39, 0.29) is 30.1 Å². The maximum atomic E-state index is 5.92. The Morgan fingerprint density at radius 3 is 2.76 bits per heavy atom. The molecule has 1 aromatic carbocycles. The van der Waals surface area contributed by atoms with E-state index in [1.165, 1.54) is 0 Å². The molecule has 3 aromatic rings. The van der Waals surface area contributed by atoms with Gasteiger partial charge >= 0.3 is 0 Å². The second-order valence-corrected chi connectivity index (χ2v) is 6.44. The highest BCUT2D eigenvalue weighted by atomic mass is 127. The molecule has 0 aliphatic heterocycles. The lowest BCUT2D eigenvalue weighted by atomic mass is 10.3. The average molecular weight is 509 g/mol. The molecule has 0 amide bonds. The van der Waals surface area contributed by atoms with Crippen molar-refractivity contribution in [2.24, 2.45) is 4.99 Å². The van der Waals surface area contributed by atoms with Gasteiger partial charge in [-0.3, -0.25) is 4.99 Å². The van der Waals surface area contributed by atoms with Gasteiger partial charge in [0.15, 0.2) is 5.96 Å². The van der Waals surface area contributed by atoms with Gasteiger partial charge in [-0.2, -0.15) is 0 Å². The molecule has 8 heteroatoms. The van der Waals surface area contributed by atoms with E-state index in [0.717, 1.165) is 41.8 Å². The molecule has 156 valence electrons. The van der Waals surface area contributed by atoms with Gasteiger partial charge in [0.1, 0.15) is 23.3 Å². The third-order valence-electron chi connectivity index (χ3n) is 4.25. The average Bonchev–Trinajstić information content (AvgIpc) is 3.13. The van der Waals surface area contributed by atoms with Gasteiger partial charge in [-0.15, -0.1) is 24.0 Å². The quantitative estimate of drug-likeness (QED) is 0.278. The van der Waals surface area contributed by atoms with Crippen LogP contribution in [0.15, 0.2) is 59.9 Å². The maximum absolute atomic E-state index is 5.92. The summed E-state index contributed by atoms with van der Waals surface area (Å²) in [7, 11) is 3.40. The van der Waals surface area contributed by atoms with Crippen molar-refractivity contribution in [3.63, 3.8) is 0 Å². The summed E-state index contributed by atoms with van der Waals surface area (Å²) in [5.74, 6) is 2.30. The van der Waals surface area contributed by atoms with E-state index < -0.39 is 0 Å². The van der Waals surface area contributed by atoms with Gasteiger partial charge < -0.3 is 24.5 Å². The summed E-state index contributed by atoms with van der Waals surface area (Å²) in [5.41, 5.74) is 2.01. The number of nitrogens with one attached hydrogen (secondary N) is 2. The molecule has 0 saturated heterocycles. The fourth-order valence-electron chi connectivity index (χ4n) is 2.83. The summed E-state index contributed by atoms with van der Waals surface area (Å²) in [5, 5.41) is 6.60. The topological polar surface area (TPSA) is 72.2 Å². The summed E-state index contributed by atoms with van der Waals surface area (Å²) in [6.45, 7) is 3.39. The van der Waals surface area contributed by atoms with Crippen molar-refractivity contribution in [1.29, 1.82) is 0 Å². The highest BCUT2D eigenvalue weighted by Gasteiger charge is 2.07. The first-order chi connectivity index (χ1) is 13.7. The zero-order valence-electron chi connectivity index (χ0n) is 17.0. The van der Waals surface area contributed by atoms with Crippen molar-refractivity contribution in [3.05, 3.63) is 60.6 Å². The van der Waals surface area contributed by atoms with Crippen LogP contribution in [0.4, 0.5) is 0 Å². The molecule has 2 N–H and O–H groups in total. The van der Waals surface area contributed by atoms with E-state index in [0.29, 0.717) is 6.54 Å². The van der Waals surface area contributed by atoms with Gasteiger partial charge in [-0.25, -0.2) is 4.98 Å². The van der Waals surface area contributed by atoms with Gasteiger partial charge in [0.05, 0.1) is 19.3 Å². The molecule has 0 aliphatic carbocycles. The molecule has 0 radical (unpaired) electrons. The van der Waals surface area contributed by atoms with E-state index >= 15 is 0 Å². The van der Waals surface area contributed by atoms with Crippen LogP contribution >= 0.6 is 24.0 Å². The molecule has 7 nitrogen and oxygen atoms in total. The molecule has 0 spiro atoms. The molecule has 0 fully saturated rings. The van der Waals surface area contributed by atoms with Gasteiger partial charge in [0.2, 0.25) is 0 Å². The fourth-order valence-corrected chi connectivity index (χ4v) is 2.83. The molecule has 0 saturated carbocycles. The fraction of sp³-hybridized carbons (Fsp3) is 0.333. The first kappa shape index (κ1) is 22.8. The molecular weight excluding hydrogens is 481 g/mol. The first-order valence-corrected chi connectivity index (χ1v) is 9.36. The van der Waals surface area contributed by atoms with Crippen LogP contribution in [0.3, 0.4) is 0 Å². The standard InChI is InChI=1S/C21H27N5O2.HI/c1-16(28-19-8-6-7-18(13-19)27-3)14-24-21(22-2)23-11-10-17-15-26-12-5-4-9-20(26)25-17;/h4-9,12-13,15-16H,10-11,14H2,1-3H3,(H2,22,23,24);1H. The Kier molecular flexibility index (Phi) is 9.04. The number of benzene rings is 1. The number of methoxy groups -OCH3 is 1. The van der Waals surface area contributed by atoms with Crippen molar-refractivity contribution in [2.45, 2.75) is 19.4 Å². The summed E-state index contributed by atoms with van der Waals surface area (Å²) in [6.07, 6.45) is 4.85. The Labute approximate surface area is 188 Å². The van der Waals surface area contributed by atoms with Crippen LogP contribution in [0, 0.1) is 0 Å². The predicted octanol–water partition coefficient (Wildman–Crippen LogP) is 3.14. The van der Waals surface area contributed by atoms with E-state index in [4.69, 9.17) is 9.47 Å². The number of rotatable bonds is 8. The summed E-state index contributed by atoms with van der Waals surface area (Å²) < 4.78 is 13.2. The van der Waals surface area contributed by atoms with Crippen molar-refractivity contribution in [1.82, 2.24) is 20.0 Å². The number of hydrogen-bond donors (Lipinski definition) is 2. The number of aromatic nitrogens is 2. The number of guanidine groups is 1. The molecule has 1 unspecified atom stereocenters. The van der Waals surface area contributed by atoms with Crippen LogP contribution in [0.2, 0.25) is 0 Å². The molecule has 2 aromatic heterocycles. The number of hydrogen-bond acceptors (Lipinski definition) is 4. The zero-order valence-corrected chi connectivity index (χ0v) is 19.3. The Morgan fingerprint density at radius 1 is 1.17 bits per heavy atom. The highest BCUT2D eigenvalue weighted by molar-refractivity contribution is 14.0. The molecule has 2 heterocycles. The minimum absolute atomic E-state index is 0. The second kappa shape index (κ2) is 11.5. The van der Waals surface area contributed by atoms with Crippen LogP contribution in [-0.2, 0) is 6.42 Å². The number of aliphatic imine (C=N–C) groups is 1. The zero-order chi connectivity index (χ0) is 19.8. The summed E-state index contributed by atoms with van der Waals surface area (Å²) in [4.78, 5) is 8.86. The van der Waals surface area contributed by atoms with Gasteiger partial charge in [-0.05, 0) is 31.2 Å². The molecule has 3 rings (SSSR count). The molecule has 0 bridgehead atoms. The normalized spacial score (nSPS) is 12.2. The van der Waals surface area contributed by atoms with Crippen LogP contribution in [-0.4, -0.2) is 48.7 Å². The Balaban J connectivity index is 0.00000300. The van der Waals surface area contributed by atoms with Crippen molar-refractivity contribution in [2.75, 3.05) is 27.2 Å². The minimum atomic E-state index is -0.0240. The van der Waals surface area contributed by atoms with Gasteiger partial charge in [0.25, 0.3) is 0 Å². The van der Waals surface area contributed by atoms with Crippen LogP contribution in [0.1, 0.15) is 12.6 Å². The number of pyridine rings is 1. The van der Waals surface area contributed by atoms with E-state index in [1.54, 1.807) is 14.2 Å². The van der Waals surface area contributed by atoms with E-state index in [1.807, 2.05) is 60.0 Å². The third kappa shape index (κ3) is 6.81. The van der Waals surface area contributed by atoms with E-state index in [9.17, 15) is 0 Å². The third-order valence-corrected chi connectivity index (χ3v) is 4.25. The maximum Gasteiger partial charge on any atom is 0.191 e. The highest BCUT2D eigenvalue weighted by Crippen LogP contribution is 2.19. The SMILES string of the molecule is CN=C(NCCc1cn2ccccc2n1)NCC(C)Oc1cccc(OC)c1.I. The lowest BCUT2D eigenvalue weighted by molar-refractivity contribution is 0.223. The van der Waals surface area contributed by atoms with Crippen LogP contribution < -0.4 is 20.1 Å². The number of fused-ring (bicyclic) bond motifs is 1. The first-order valence-electron chi connectivity index (χ1n) is 9.36. The van der Waals surface area contributed by atoms with Crippen molar-refractivity contribution in [3.8, 4) is 11.5 Å². The van der Waals surface area contributed by atoms with Crippen LogP contribution in [0.25, 0.3) is 5.65 Å². The smallest absolute Gasteiger partial charge is 0.191 e. The van der Waals surface area contributed by atoms with Crippen molar-refractivity contribution < 1.29 is 9.47 Å². The summed E-state index contributed by atoms with van der Waals surface area (Å²) in [6, 6.07) is 13.6. The predicted molar refractivity (Wildman–Crippen MR) is 127 cm³/mol. The number of halogens is 1. The molecule has 0 aliphatic rings. The minimum Gasteiger partial charge on any atom is -0.497 e. The van der Waals surface area contributed by atoms with Crippen molar-refractivity contribution >= 4 is 35.6 Å². The summed E-state index contributed by atoms with van der Waals surface area (Å²) >= 11 is 0. The second-order valence-electron chi connectivity index (χ2n) is 6.44. The molecule has 29 heavy (non-hydrogen) atoms. The molecule has 1 atom stereocenters.